The Morgan fingerprint density at radius 2 is 2.00 bits per heavy atom. The van der Waals surface area contributed by atoms with E-state index in [1.54, 1.807) is 30.3 Å². The summed E-state index contributed by atoms with van der Waals surface area (Å²) >= 11 is 7.30. The number of halogens is 1. The van der Waals surface area contributed by atoms with Gasteiger partial charge in [-0.15, -0.1) is 0 Å². The zero-order valence-electron chi connectivity index (χ0n) is 17.2. The summed E-state index contributed by atoms with van der Waals surface area (Å²) in [6, 6.07) is 14.5. The molecule has 2 N–H and O–H groups in total. The van der Waals surface area contributed by atoms with Gasteiger partial charge in [-0.1, -0.05) is 41.6 Å². The molecule has 2 heterocycles. The number of aromatic amines is 1. The van der Waals surface area contributed by atoms with Crippen molar-refractivity contribution in [2.24, 2.45) is 0 Å². The highest BCUT2D eigenvalue weighted by Crippen LogP contribution is 2.22. The van der Waals surface area contributed by atoms with Crippen LogP contribution in [-0.4, -0.2) is 38.0 Å². The second kappa shape index (κ2) is 9.88. The summed E-state index contributed by atoms with van der Waals surface area (Å²) in [5.41, 5.74) is 1.55. The van der Waals surface area contributed by atoms with E-state index < -0.39 is 0 Å². The van der Waals surface area contributed by atoms with E-state index in [2.05, 4.69) is 20.5 Å². The van der Waals surface area contributed by atoms with E-state index in [0.29, 0.717) is 45.8 Å². The lowest BCUT2D eigenvalue weighted by atomic mass is 10.2. The summed E-state index contributed by atoms with van der Waals surface area (Å²) in [5.74, 6) is 0.579. The second-order valence-electron chi connectivity index (χ2n) is 6.75. The Balaban J connectivity index is 1.56. The molecule has 0 saturated heterocycles. The number of ether oxygens (including phenoxy) is 1. The van der Waals surface area contributed by atoms with Crippen molar-refractivity contribution in [1.29, 1.82) is 0 Å². The first-order chi connectivity index (χ1) is 15.6. The lowest BCUT2D eigenvalue weighted by molar-refractivity contribution is -0.118. The normalized spacial score (nSPS) is 10.9. The van der Waals surface area contributed by atoms with E-state index >= 15 is 0 Å². The number of carbonyl (C=O) groups excluding carboxylic acids is 1. The van der Waals surface area contributed by atoms with Crippen LogP contribution in [0.4, 0.5) is 0 Å². The SMILES string of the molecule is CCOc1ccc(-n2c(SCC(=O)NCc3ccccc3Cl)nc3[nH]ncc3c2=O)cc1. The van der Waals surface area contributed by atoms with Gasteiger partial charge in [-0.05, 0) is 42.8 Å². The maximum atomic E-state index is 13.1. The lowest BCUT2D eigenvalue weighted by Gasteiger charge is -2.13. The molecule has 0 radical (unpaired) electrons. The fourth-order valence-electron chi connectivity index (χ4n) is 3.07. The quantitative estimate of drug-likeness (QED) is 0.302. The number of rotatable bonds is 8. The largest absolute Gasteiger partial charge is 0.494 e. The zero-order valence-corrected chi connectivity index (χ0v) is 18.7. The predicted octanol–water partition coefficient (Wildman–Crippen LogP) is 3.57. The van der Waals surface area contributed by atoms with Crippen LogP contribution in [0.1, 0.15) is 12.5 Å². The molecule has 4 aromatic rings. The van der Waals surface area contributed by atoms with Crippen molar-refractivity contribution >= 4 is 40.3 Å². The number of hydrogen-bond acceptors (Lipinski definition) is 6. The Bertz CT molecular complexity index is 1300. The van der Waals surface area contributed by atoms with Crippen LogP contribution >= 0.6 is 23.4 Å². The van der Waals surface area contributed by atoms with E-state index in [1.165, 1.54) is 10.8 Å². The van der Waals surface area contributed by atoms with E-state index in [-0.39, 0.29) is 17.2 Å². The molecule has 0 aliphatic heterocycles. The molecule has 0 aliphatic carbocycles. The topological polar surface area (TPSA) is 102 Å². The van der Waals surface area contributed by atoms with Gasteiger partial charge in [0.05, 0.1) is 24.2 Å². The van der Waals surface area contributed by atoms with Gasteiger partial charge in [-0.3, -0.25) is 19.3 Å². The smallest absolute Gasteiger partial charge is 0.269 e. The van der Waals surface area contributed by atoms with Crippen LogP contribution in [0.5, 0.6) is 5.75 Å². The van der Waals surface area contributed by atoms with Crippen molar-refractivity contribution in [3.8, 4) is 11.4 Å². The molecule has 4 rings (SSSR count). The van der Waals surface area contributed by atoms with E-state index in [9.17, 15) is 9.59 Å². The number of nitrogens with one attached hydrogen (secondary N) is 2. The van der Waals surface area contributed by atoms with Crippen molar-refractivity contribution in [3.05, 3.63) is 75.7 Å². The molecule has 10 heteroatoms. The van der Waals surface area contributed by atoms with E-state index in [1.807, 2.05) is 25.1 Å². The van der Waals surface area contributed by atoms with Gasteiger partial charge in [0.25, 0.3) is 5.56 Å². The van der Waals surface area contributed by atoms with Gasteiger partial charge in [0.1, 0.15) is 11.1 Å². The summed E-state index contributed by atoms with van der Waals surface area (Å²) < 4.78 is 6.95. The number of carbonyl (C=O) groups is 1. The van der Waals surface area contributed by atoms with Crippen molar-refractivity contribution in [1.82, 2.24) is 25.1 Å². The van der Waals surface area contributed by atoms with Gasteiger partial charge >= 0.3 is 0 Å². The Labute approximate surface area is 193 Å². The van der Waals surface area contributed by atoms with Gasteiger partial charge in [0, 0.05) is 11.6 Å². The highest BCUT2D eigenvalue weighted by molar-refractivity contribution is 7.99. The molecule has 0 spiro atoms. The van der Waals surface area contributed by atoms with E-state index in [0.717, 1.165) is 17.3 Å². The maximum absolute atomic E-state index is 13.1. The standard InChI is InChI=1S/C22H20ClN5O3S/c1-2-31-16-9-7-15(8-10-16)28-21(30)17-12-25-27-20(17)26-22(28)32-13-19(29)24-11-14-5-3-4-6-18(14)23/h3-10,12H,2,11,13H2,1H3,(H,24,29)(H,25,27). The monoisotopic (exact) mass is 469 g/mol. The fourth-order valence-corrected chi connectivity index (χ4v) is 4.11. The average Bonchev–Trinajstić information content (AvgIpc) is 3.27. The number of aromatic nitrogens is 4. The predicted molar refractivity (Wildman–Crippen MR) is 125 cm³/mol. The highest BCUT2D eigenvalue weighted by atomic mass is 35.5. The number of H-pyrrole nitrogens is 1. The zero-order chi connectivity index (χ0) is 22.5. The highest BCUT2D eigenvalue weighted by Gasteiger charge is 2.16. The number of thioether (sulfide) groups is 1. The van der Waals surface area contributed by atoms with Gasteiger partial charge in [0.2, 0.25) is 5.91 Å². The molecule has 2 aromatic carbocycles. The van der Waals surface area contributed by atoms with Crippen molar-refractivity contribution < 1.29 is 9.53 Å². The Kier molecular flexibility index (Phi) is 6.77. The molecule has 32 heavy (non-hydrogen) atoms. The van der Waals surface area contributed by atoms with E-state index in [4.69, 9.17) is 16.3 Å². The van der Waals surface area contributed by atoms with Crippen LogP contribution < -0.4 is 15.6 Å². The number of fused-ring (bicyclic) bond motifs is 1. The van der Waals surface area contributed by atoms with Crippen LogP contribution in [0, 0.1) is 0 Å². The Morgan fingerprint density at radius 1 is 1.22 bits per heavy atom. The third-order valence-corrected chi connectivity index (χ3v) is 5.93. The maximum Gasteiger partial charge on any atom is 0.269 e. The third-order valence-electron chi connectivity index (χ3n) is 4.62. The molecule has 2 aromatic heterocycles. The second-order valence-corrected chi connectivity index (χ2v) is 8.10. The third kappa shape index (κ3) is 4.79. The van der Waals surface area contributed by atoms with Gasteiger partial charge in [0.15, 0.2) is 10.8 Å². The molecule has 0 unspecified atom stereocenters. The van der Waals surface area contributed by atoms with Crippen molar-refractivity contribution in [3.63, 3.8) is 0 Å². The van der Waals surface area contributed by atoms with Crippen LogP contribution in [0.2, 0.25) is 5.02 Å². The Morgan fingerprint density at radius 3 is 2.75 bits per heavy atom. The molecule has 0 fully saturated rings. The van der Waals surface area contributed by atoms with Crippen molar-refractivity contribution in [2.75, 3.05) is 12.4 Å². The first-order valence-corrected chi connectivity index (χ1v) is 11.3. The minimum atomic E-state index is -0.271. The molecule has 0 bridgehead atoms. The molecular formula is C22H20ClN5O3S. The summed E-state index contributed by atoms with van der Waals surface area (Å²) in [5, 5.41) is 10.8. The number of benzene rings is 2. The summed E-state index contributed by atoms with van der Waals surface area (Å²) in [6.07, 6.45) is 1.44. The van der Waals surface area contributed by atoms with Crippen LogP contribution in [0.15, 0.2) is 64.7 Å². The van der Waals surface area contributed by atoms with Gasteiger partial charge in [-0.2, -0.15) is 5.10 Å². The molecule has 164 valence electrons. The molecule has 0 saturated carbocycles. The minimum Gasteiger partial charge on any atom is -0.494 e. The number of hydrogen-bond donors (Lipinski definition) is 2. The first kappa shape index (κ1) is 21.9. The minimum absolute atomic E-state index is 0.0770. The molecule has 0 aliphatic rings. The summed E-state index contributed by atoms with van der Waals surface area (Å²) in [7, 11) is 0. The first-order valence-electron chi connectivity index (χ1n) is 9.89. The summed E-state index contributed by atoms with van der Waals surface area (Å²) in [6.45, 7) is 2.77. The number of amides is 1. The Hall–Kier alpha value is -3.30. The summed E-state index contributed by atoms with van der Waals surface area (Å²) in [4.78, 5) is 30.1. The fraction of sp³-hybridized carbons (Fsp3) is 0.182. The lowest BCUT2D eigenvalue weighted by Crippen LogP contribution is -2.26. The van der Waals surface area contributed by atoms with Gasteiger partial charge < -0.3 is 10.1 Å². The molecular weight excluding hydrogens is 450 g/mol. The average molecular weight is 470 g/mol. The van der Waals surface area contributed by atoms with Crippen LogP contribution in [0.3, 0.4) is 0 Å². The van der Waals surface area contributed by atoms with Crippen LogP contribution in [0.25, 0.3) is 16.7 Å². The van der Waals surface area contributed by atoms with Crippen molar-refractivity contribution in [2.45, 2.75) is 18.6 Å². The van der Waals surface area contributed by atoms with Gasteiger partial charge in [-0.25, -0.2) is 4.98 Å². The number of nitrogens with zero attached hydrogens (tertiary/aromatic N) is 3. The molecule has 8 nitrogen and oxygen atoms in total. The molecule has 0 atom stereocenters. The van der Waals surface area contributed by atoms with Crippen LogP contribution in [-0.2, 0) is 11.3 Å². The molecule has 1 amide bonds.